The molecule has 0 rings (SSSR count). The van der Waals surface area contributed by atoms with Crippen molar-refractivity contribution in [1.29, 1.82) is 0 Å². The molecule has 0 spiro atoms. The first kappa shape index (κ1) is 24.7. The second-order valence-electron chi connectivity index (χ2n) is 9.86. The van der Waals surface area contributed by atoms with Gasteiger partial charge in [0.15, 0.2) is 0 Å². The summed E-state index contributed by atoms with van der Waals surface area (Å²) in [6.07, 6.45) is 16.2. The van der Waals surface area contributed by atoms with Crippen LogP contribution in [0.3, 0.4) is 0 Å². The van der Waals surface area contributed by atoms with Crippen molar-refractivity contribution >= 4 is 0 Å². The Bertz CT molecular complexity index is 301. The first-order valence-corrected chi connectivity index (χ1v) is 11.4. The van der Waals surface area contributed by atoms with Crippen molar-refractivity contribution in [2.24, 2.45) is 35.5 Å². The molecule has 0 heterocycles. The lowest BCUT2D eigenvalue weighted by Crippen LogP contribution is -2.15. The lowest BCUT2D eigenvalue weighted by molar-refractivity contribution is 0.254. The molecule has 0 aromatic heterocycles. The Morgan fingerprint density at radius 1 is 0.600 bits per heavy atom. The van der Waals surface area contributed by atoms with Crippen LogP contribution in [0.5, 0.6) is 0 Å². The van der Waals surface area contributed by atoms with Crippen LogP contribution in [-0.4, -0.2) is 0 Å². The van der Waals surface area contributed by atoms with E-state index in [9.17, 15) is 0 Å². The minimum Gasteiger partial charge on any atom is -0.103 e. The highest BCUT2D eigenvalue weighted by molar-refractivity contribution is 4.77. The zero-order valence-electron chi connectivity index (χ0n) is 18.8. The van der Waals surface area contributed by atoms with Gasteiger partial charge in [-0.1, -0.05) is 99.5 Å². The van der Waals surface area contributed by atoms with Gasteiger partial charge in [0, 0.05) is 0 Å². The van der Waals surface area contributed by atoms with E-state index < -0.39 is 0 Å². The van der Waals surface area contributed by atoms with Crippen molar-refractivity contribution in [3.63, 3.8) is 0 Å². The Labute approximate surface area is 161 Å². The summed E-state index contributed by atoms with van der Waals surface area (Å²) in [5.74, 6) is 5.10. The van der Waals surface area contributed by atoms with Crippen LogP contribution in [0.4, 0.5) is 0 Å². The molecule has 25 heavy (non-hydrogen) atoms. The molecule has 0 amide bonds. The predicted molar refractivity (Wildman–Crippen MR) is 117 cm³/mol. The third-order valence-electron chi connectivity index (χ3n) is 6.15. The average Bonchev–Trinajstić information content (AvgIpc) is 2.53. The number of hydrogen-bond donors (Lipinski definition) is 0. The van der Waals surface area contributed by atoms with Crippen LogP contribution in [0.1, 0.15) is 113 Å². The smallest absolute Gasteiger partial charge is 0.0265 e. The molecular formula is C25H50. The van der Waals surface area contributed by atoms with E-state index in [1.54, 1.807) is 0 Å². The van der Waals surface area contributed by atoms with Gasteiger partial charge in [0.2, 0.25) is 0 Å². The predicted octanol–water partition coefficient (Wildman–Crippen LogP) is 8.91. The Hall–Kier alpha value is -0.260. The fraction of sp³-hybridized carbons (Fsp3) is 0.920. The average molecular weight is 351 g/mol. The molecule has 0 saturated carbocycles. The summed E-state index contributed by atoms with van der Waals surface area (Å²) in [5, 5.41) is 0. The van der Waals surface area contributed by atoms with E-state index in [1.807, 2.05) is 0 Å². The molecule has 0 radical (unpaired) electrons. The summed E-state index contributed by atoms with van der Waals surface area (Å²) in [6, 6.07) is 0. The number of rotatable bonds is 16. The minimum absolute atomic E-state index is 0.675. The maximum Gasteiger partial charge on any atom is -0.0265 e. The molecule has 4 atom stereocenters. The van der Waals surface area contributed by atoms with Crippen molar-refractivity contribution < 1.29 is 0 Å². The monoisotopic (exact) mass is 350 g/mol. The van der Waals surface area contributed by atoms with Crippen LogP contribution >= 0.6 is 0 Å². The van der Waals surface area contributed by atoms with Gasteiger partial charge in [-0.2, -0.15) is 0 Å². The lowest BCUT2D eigenvalue weighted by Gasteiger charge is -2.26. The van der Waals surface area contributed by atoms with Crippen LogP contribution in [0.2, 0.25) is 0 Å². The summed E-state index contributed by atoms with van der Waals surface area (Å²) in [5.41, 5.74) is 0. The third kappa shape index (κ3) is 14.6. The fourth-order valence-electron chi connectivity index (χ4n) is 3.91. The molecule has 150 valence electrons. The molecule has 0 heteroatoms. The van der Waals surface area contributed by atoms with Crippen LogP contribution < -0.4 is 0 Å². The molecule has 0 nitrogen and oxygen atoms in total. The van der Waals surface area contributed by atoms with Crippen LogP contribution in [0.25, 0.3) is 0 Å². The number of hydrogen-bond acceptors (Lipinski definition) is 0. The quantitative estimate of drug-likeness (QED) is 0.244. The van der Waals surface area contributed by atoms with Gasteiger partial charge in [0.05, 0.1) is 0 Å². The Kier molecular flexibility index (Phi) is 14.7. The first-order valence-electron chi connectivity index (χ1n) is 11.4. The van der Waals surface area contributed by atoms with E-state index in [1.165, 1.54) is 64.2 Å². The van der Waals surface area contributed by atoms with Crippen molar-refractivity contribution in [3.8, 4) is 0 Å². The number of allylic oxidation sites excluding steroid dienone is 1. The topological polar surface area (TPSA) is 0 Å². The van der Waals surface area contributed by atoms with Gasteiger partial charge in [0.1, 0.15) is 0 Å². The molecule has 0 aromatic rings. The zero-order chi connectivity index (χ0) is 19.2. The summed E-state index contributed by atoms with van der Waals surface area (Å²) < 4.78 is 0. The standard InChI is InChI=1S/C25H50/c1-9-22(6)16-18-25(24(8)15-11-13-21(4)5)19-17-23(7)14-10-12-20(2)3/h9,20-25H,1,10-19H2,2-8H3. The molecular weight excluding hydrogens is 300 g/mol. The molecule has 0 bridgehead atoms. The van der Waals surface area contributed by atoms with Gasteiger partial charge in [-0.25, -0.2) is 0 Å². The van der Waals surface area contributed by atoms with Gasteiger partial charge >= 0.3 is 0 Å². The molecule has 0 aromatic carbocycles. The minimum atomic E-state index is 0.675. The van der Waals surface area contributed by atoms with Gasteiger partial charge in [0.25, 0.3) is 0 Å². The third-order valence-corrected chi connectivity index (χ3v) is 6.15. The highest BCUT2D eigenvalue weighted by Crippen LogP contribution is 2.31. The van der Waals surface area contributed by atoms with Crippen LogP contribution in [0.15, 0.2) is 12.7 Å². The van der Waals surface area contributed by atoms with Crippen molar-refractivity contribution in [2.75, 3.05) is 0 Å². The van der Waals surface area contributed by atoms with Crippen molar-refractivity contribution in [2.45, 2.75) is 113 Å². The zero-order valence-corrected chi connectivity index (χ0v) is 18.8. The summed E-state index contributed by atoms with van der Waals surface area (Å²) >= 11 is 0. The van der Waals surface area contributed by atoms with E-state index in [0.29, 0.717) is 5.92 Å². The second-order valence-corrected chi connectivity index (χ2v) is 9.86. The maximum atomic E-state index is 3.97. The molecule has 0 aliphatic heterocycles. The molecule has 0 saturated heterocycles. The van der Waals surface area contributed by atoms with E-state index in [2.05, 4.69) is 61.1 Å². The van der Waals surface area contributed by atoms with E-state index in [-0.39, 0.29) is 0 Å². The van der Waals surface area contributed by atoms with E-state index >= 15 is 0 Å². The Morgan fingerprint density at radius 2 is 1.12 bits per heavy atom. The highest BCUT2D eigenvalue weighted by Gasteiger charge is 2.19. The van der Waals surface area contributed by atoms with Crippen molar-refractivity contribution in [1.82, 2.24) is 0 Å². The van der Waals surface area contributed by atoms with E-state index in [4.69, 9.17) is 0 Å². The molecule has 4 unspecified atom stereocenters. The summed E-state index contributed by atoms with van der Waals surface area (Å²) in [7, 11) is 0. The molecule has 0 aliphatic carbocycles. The van der Waals surface area contributed by atoms with Crippen LogP contribution in [-0.2, 0) is 0 Å². The SMILES string of the molecule is C=CC(C)CCC(CCC(C)CCCC(C)C)C(C)CCCC(C)C. The lowest BCUT2D eigenvalue weighted by atomic mass is 9.79. The van der Waals surface area contributed by atoms with Crippen LogP contribution in [0, 0.1) is 35.5 Å². The fourth-order valence-corrected chi connectivity index (χ4v) is 3.91. The maximum absolute atomic E-state index is 3.97. The van der Waals surface area contributed by atoms with Gasteiger partial charge in [-0.05, 0) is 54.8 Å². The van der Waals surface area contributed by atoms with Gasteiger partial charge in [-0.3, -0.25) is 0 Å². The highest BCUT2D eigenvalue weighted by atomic mass is 14.2. The molecule has 0 aliphatic rings. The van der Waals surface area contributed by atoms with Crippen molar-refractivity contribution in [3.05, 3.63) is 12.7 Å². The molecule has 0 N–H and O–H groups in total. The summed E-state index contributed by atoms with van der Waals surface area (Å²) in [4.78, 5) is 0. The first-order chi connectivity index (χ1) is 11.8. The van der Waals surface area contributed by atoms with E-state index in [0.717, 1.165) is 29.6 Å². The van der Waals surface area contributed by atoms with Gasteiger partial charge < -0.3 is 0 Å². The molecule has 0 fully saturated rings. The van der Waals surface area contributed by atoms with Gasteiger partial charge in [-0.15, -0.1) is 6.58 Å². The Morgan fingerprint density at radius 3 is 1.64 bits per heavy atom. The summed E-state index contributed by atoms with van der Waals surface area (Å²) in [6.45, 7) is 20.7. The second kappa shape index (κ2) is 14.9. The largest absolute Gasteiger partial charge is 0.103 e. The Balaban J connectivity index is 4.33. The normalized spacial score (nSPS) is 16.8.